The summed E-state index contributed by atoms with van der Waals surface area (Å²) in [4.78, 5) is 17.1. The number of rotatable bonds is 10. The molecule has 0 amide bonds. The normalized spacial score (nSPS) is 14.8. The topological polar surface area (TPSA) is 61.6 Å². The molecule has 0 fully saturated rings. The molecule has 1 aliphatic carbocycles. The predicted molar refractivity (Wildman–Crippen MR) is 166 cm³/mol. The summed E-state index contributed by atoms with van der Waals surface area (Å²) in [7, 11) is 1.47. The molecular formula is C35H45NO4. The van der Waals surface area contributed by atoms with Gasteiger partial charge < -0.3 is 13.9 Å². The monoisotopic (exact) mass is 543 g/mol. The second-order valence-corrected chi connectivity index (χ2v) is 9.05. The number of hydrogen-bond donors (Lipinski definition) is 0. The maximum Gasteiger partial charge on any atom is 0.309 e. The Bertz CT molecular complexity index is 1260. The van der Waals surface area contributed by atoms with Crippen molar-refractivity contribution in [2.75, 3.05) is 13.7 Å². The van der Waals surface area contributed by atoms with Crippen LogP contribution >= 0.6 is 0 Å². The standard InChI is InChI=1S/C31H35NO4.C2H6.C2H4/c1-5-11-21(6-2)30-32-28(29(36-30)22-12-9-8-10-13-22)18-19-35-24-15-17-26-23(20-24)14-16-27(26)25(7-3)31(33)34-4;2*1-2/h5-6,8-13,15,17,20,25,27H,7,14,16,18-19H2,1-4H3;1-2H3;1-2H2/b11-5-,21-6+;;. The van der Waals surface area contributed by atoms with E-state index in [1.54, 1.807) is 0 Å². The molecule has 40 heavy (non-hydrogen) atoms. The highest BCUT2D eigenvalue weighted by Crippen LogP contribution is 2.41. The van der Waals surface area contributed by atoms with Gasteiger partial charge in [-0.3, -0.25) is 4.79 Å². The Morgan fingerprint density at radius 1 is 1.15 bits per heavy atom. The minimum Gasteiger partial charge on any atom is -0.493 e. The average Bonchev–Trinajstić information content (AvgIpc) is 3.63. The maximum atomic E-state index is 12.2. The molecule has 2 atom stereocenters. The van der Waals surface area contributed by atoms with Crippen molar-refractivity contribution >= 4 is 11.5 Å². The number of carbonyl (C=O) groups excluding carboxylic acids is 1. The molecule has 214 valence electrons. The van der Waals surface area contributed by atoms with Crippen LogP contribution in [-0.2, 0) is 22.4 Å². The maximum absolute atomic E-state index is 12.2. The van der Waals surface area contributed by atoms with Crippen molar-refractivity contribution in [3.8, 4) is 17.1 Å². The highest BCUT2D eigenvalue weighted by atomic mass is 16.5. The van der Waals surface area contributed by atoms with E-state index in [0.717, 1.165) is 47.6 Å². The summed E-state index contributed by atoms with van der Waals surface area (Å²) in [5.41, 5.74) is 5.34. The summed E-state index contributed by atoms with van der Waals surface area (Å²) in [6, 6.07) is 16.3. The first-order valence-corrected chi connectivity index (χ1v) is 14.3. The number of hydrogen-bond acceptors (Lipinski definition) is 5. The van der Waals surface area contributed by atoms with Crippen LogP contribution in [0.3, 0.4) is 0 Å². The quantitative estimate of drug-likeness (QED) is 0.145. The Kier molecular flexibility index (Phi) is 13.7. The Morgan fingerprint density at radius 3 is 2.50 bits per heavy atom. The van der Waals surface area contributed by atoms with Gasteiger partial charge in [0.05, 0.1) is 25.3 Å². The van der Waals surface area contributed by atoms with Crippen LogP contribution in [0.2, 0.25) is 0 Å². The summed E-state index contributed by atoms with van der Waals surface area (Å²) in [6.07, 6.45) is 9.31. The molecule has 1 heterocycles. The predicted octanol–water partition coefficient (Wildman–Crippen LogP) is 9.00. The van der Waals surface area contributed by atoms with Crippen molar-refractivity contribution in [2.24, 2.45) is 5.92 Å². The molecule has 3 aromatic rings. The van der Waals surface area contributed by atoms with Crippen LogP contribution in [0, 0.1) is 5.92 Å². The zero-order chi connectivity index (χ0) is 29.5. The molecule has 2 aromatic carbocycles. The first-order chi connectivity index (χ1) is 19.6. The van der Waals surface area contributed by atoms with Gasteiger partial charge in [-0.2, -0.15) is 0 Å². The Morgan fingerprint density at radius 2 is 1.88 bits per heavy atom. The number of aryl methyl sites for hydroxylation is 1. The highest BCUT2D eigenvalue weighted by Gasteiger charge is 2.34. The number of benzene rings is 2. The fourth-order valence-electron chi connectivity index (χ4n) is 5.10. The molecule has 0 saturated carbocycles. The van der Waals surface area contributed by atoms with Crippen molar-refractivity contribution in [3.63, 3.8) is 0 Å². The first-order valence-electron chi connectivity index (χ1n) is 14.3. The van der Waals surface area contributed by atoms with Gasteiger partial charge in [-0.25, -0.2) is 4.98 Å². The lowest BCUT2D eigenvalue weighted by Gasteiger charge is -2.21. The summed E-state index contributed by atoms with van der Waals surface area (Å²) in [5, 5.41) is 0. The van der Waals surface area contributed by atoms with Gasteiger partial charge in [-0.1, -0.05) is 75.4 Å². The van der Waals surface area contributed by atoms with E-state index >= 15 is 0 Å². The van der Waals surface area contributed by atoms with Gasteiger partial charge in [0.15, 0.2) is 5.76 Å². The molecule has 1 aliphatic rings. The number of carbonyl (C=O) groups is 1. The second kappa shape index (κ2) is 17.0. The van der Waals surface area contributed by atoms with Crippen LogP contribution in [0.25, 0.3) is 16.9 Å². The summed E-state index contributed by atoms with van der Waals surface area (Å²) in [6.45, 7) is 16.5. The lowest BCUT2D eigenvalue weighted by atomic mass is 9.85. The van der Waals surface area contributed by atoms with E-state index in [9.17, 15) is 4.79 Å². The van der Waals surface area contributed by atoms with Gasteiger partial charge in [0.1, 0.15) is 5.75 Å². The molecular weight excluding hydrogens is 498 g/mol. The number of nitrogens with zero attached hydrogens (tertiary/aromatic N) is 1. The number of methoxy groups -OCH3 is 1. The van der Waals surface area contributed by atoms with Gasteiger partial charge in [-0.15, -0.1) is 13.2 Å². The minimum absolute atomic E-state index is 0.0922. The van der Waals surface area contributed by atoms with Gasteiger partial charge >= 0.3 is 5.97 Å². The van der Waals surface area contributed by atoms with Gasteiger partial charge in [0.2, 0.25) is 5.89 Å². The van der Waals surface area contributed by atoms with Crippen LogP contribution < -0.4 is 4.74 Å². The summed E-state index contributed by atoms with van der Waals surface area (Å²) < 4.78 is 17.4. The molecule has 1 aromatic heterocycles. The fourth-order valence-corrected chi connectivity index (χ4v) is 5.10. The van der Waals surface area contributed by atoms with Crippen molar-refractivity contribution in [1.29, 1.82) is 0 Å². The van der Waals surface area contributed by atoms with Crippen LogP contribution in [0.1, 0.15) is 76.1 Å². The number of oxazole rings is 1. The molecule has 5 nitrogen and oxygen atoms in total. The van der Waals surface area contributed by atoms with Crippen molar-refractivity contribution in [1.82, 2.24) is 4.98 Å². The van der Waals surface area contributed by atoms with E-state index in [2.05, 4.69) is 25.3 Å². The van der Waals surface area contributed by atoms with E-state index in [0.29, 0.717) is 18.9 Å². The van der Waals surface area contributed by atoms with Crippen molar-refractivity contribution in [2.45, 2.75) is 66.2 Å². The van der Waals surface area contributed by atoms with Crippen molar-refractivity contribution in [3.05, 3.63) is 103 Å². The minimum atomic E-state index is -0.118. The molecule has 0 saturated heterocycles. The van der Waals surface area contributed by atoms with E-state index in [-0.39, 0.29) is 17.8 Å². The number of ether oxygens (including phenoxy) is 2. The fraction of sp³-hybridized carbons (Fsp3) is 0.371. The van der Waals surface area contributed by atoms with Crippen LogP contribution in [0.15, 0.2) is 84.3 Å². The molecule has 0 aliphatic heterocycles. The average molecular weight is 544 g/mol. The zero-order valence-electron chi connectivity index (χ0n) is 25.0. The molecule has 0 radical (unpaired) electrons. The number of allylic oxidation sites excluding steroid dienone is 4. The first kappa shape index (κ1) is 32.4. The molecule has 5 heteroatoms. The third-order valence-electron chi connectivity index (χ3n) is 6.91. The van der Waals surface area contributed by atoms with Crippen LogP contribution in [0.4, 0.5) is 0 Å². The Hall–Kier alpha value is -3.86. The SMILES string of the molecule is C/C=C\C(=C/C)c1nc(CCOc2ccc3c(c2)CCC3C(CC)C(=O)OC)c(-c2ccccc2)o1.C=C.CC. The van der Waals surface area contributed by atoms with E-state index in [1.807, 2.05) is 89.2 Å². The lowest BCUT2D eigenvalue weighted by Crippen LogP contribution is -2.21. The molecule has 0 bridgehead atoms. The molecule has 4 rings (SSSR count). The largest absolute Gasteiger partial charge is 0.493 e. The third-order valence-corrected chi connectivity index (χ3v) is 6.91. The Balaban J connectivity index is 0.00000134. The smallest absolute Gasteiger partial charge is 0.309 e. The van der Waals surface area contributed by atoms with Gasteiger partial charge in [-0.05, 0) is 62.3 Å². The van der Waals surface area contributed by atoms with Gasteiger partial charge in [0, 0.05) is 17.6 Å². The third kappa shape index (κ3) is 7.84. The number of fused-ring (bicyclic) bond motifs is 1. The molecule has 2 unspecified atom stereocenters. The highest BCUT2D eigenvalue weighted by molar-refractivity contribution is 5.74. The lowest BCUT2D eigenvalue weighted by molar-refractivity contribution is -0.146. The van der Waals surface area contributed by atoms with E-state index in [4.69, 9.17) is 18.9 Å². The molecule has 0 spiro atoms. The zero-order valence-corrected chi connectivity index (χ0v) is 25.0. The van der Waals surface area contributed by atoms with Crippen LogP contribution in [-0.4, -0.2) is 24.7 Å². The van der Waals surface area contributed by atoms with Crippen molar-refractivity contribution < 1.29 is 18.7 Å². The Labute approximate surface area is 240 Å². The number of aromatic nitrogens is 1. The van der Waals surface area contributed by atoms with Gasteiger partial charge in [0.25, 0.3) is 0 Å². The van der Waals surface area contributed by atoms with E-state index < -0.39 is 0 Å². The second-order valence-electron chi connectivity index (χ2n) is 9.05. The summed E-state index contributed by atoms with van der Waals surface area (Å²) >= 11 is 0. The number of esters is 1. The van der Waals surface area contributed by atoms with E-state index in [1.165, 1.54) is 18.2 Å². The molecule has 0 N–H and O–H groups in total. The van der Waals surface area contributed by atoms with Crippen LogP contribution in [0.5, 0.6) is 5.75 Å². The summed E-state index contributed by atoms with van der Waals surface area (Å²) in [5.74, 6) is 2.24.